The van der Waals surface area contributed by atoms with Gasteiger partial charge in [-0.3, -0.25) is 4.99 Å². The van der Waals surface area contributed by atoms with Gasteiger partial charge in [-0.1, -0.05) is 60.7 Å². The first-order valence-electron chi connectivity index (χ1n) is 7.82. The van der Waals surface area contributed by atoms with Crippen LogP contribution in [-0.4, -0.2) is 23.9 Å². The van der Waals surface area contributed by atoms with Crippen molar-refractivity contribution in [3.8, 4) is 22.5 Å². The zero-order valence-electron chi connectivity index (χ0n) is 12.7. The van der Waals surface area contributed by atoms with Crippen molar-refractivity contribution in [1.82, 2.24) is 10.3 Å². The number of nitrogens with one attached hydrogen (secondary N) is 1. The van der Waals surface area contributed by atoms with Gasteiger partial charge in [0.15, 0.2) is 0 Å². The Labute approximate surface area is 135 Å². The summed E-state index contributed by atoms with van der Waals surface area (Å²) in [6.07, 6.45) is 0. The van der Waals surface area contributed by atoms with Crippen LogP contribution >= 0.6 is 0 Å². The summed E-state index contributed by atoms with van der Waals surface area (Å²) < 4.78 is 0. The molecule has 1 N–H and O–H groups in total. The number of hydrogen-bond donors (Lipinski definition) is 1. The summed E-state index contributed by atoms with van der Waals surface area (Å²) in [4.78, 5) is 9.25. The van der Waals surface area contributed by atoms with Gasteiger partial charge in [0.1, 0.15) is 5.84 Å². The first-order valence-corrected chi connectivity index (χ1v) is 7.82. The minimum absolute atomic E-state index is 0.859. The van der Waals surface area contributed by atoms with Crippen molar-refractivity contribution in [1.29, 1.82) is 0 Å². The molecule has 0 radical (unpaired) electrons. The van der Waals surface area contributed by atoms with Gasteiger partial charge in [0.25, 0.3) is 0 Å². The van der Waals surface area contributed by atoms with Crippen molar-refractivity contribution in [3.05, 3.63) is 78.4 Å². The topological polar surface area (TPSA) is 37.3 Å². The van der Waals surface area contributed by atoms with Gasteiger partial charge in [-0.15, -0.1) is 0 Å². The highest BCUT2D eigenvalue weighted by Gasteiger charge is 2.08. The Morgan fingerprint density at radius 2 is 1.30 bits per heavy atom. The number of amidine groups is 1. The summed E-state index contributed by atoms with van der Waals surface area (Å²) in [6.45, 7) is 1.79. The van der Waals surface area contributed by atoms with Crippen molar-refractivity contribution < 1.29 is 0 Å². The Hall–Kier alpha value is -2.94. The molecule has 0 bridgehead atoms. The molecule has 0 saturated heterocycles. The minimum Gasteiger partial charge on any atom is -0.368 e. The van der Waals surface area contributed by atoms with E-state index in [2.05, 4.69) is 52.8 Å². The van der Waals surface area contributed by atoms with Crippen LogP contribution in [0.5, 0.6) is 0 Å². The number of nitrogens with zero attached hydrogens (tertiary/aromatic N) is 2. The van der Waals surface area contributed by atoms with Crippen LogP contribution < -0.4 is 5.32 Å². The smallest absolute Gasteiger partial charge is 0.128 e. The fourth-order valence-electron chi connectivity index (χ4n) is 2.76. The number of rotatable bonds is 3. The van der Waals surface area contributed by atoms with Gasteiger partial charge in [0.2, 0.25) is 0 Å². The molecule has 0 saturated carbocycles. The maximum atomic E-state index is 4.79. The average molecular weight is 299 g/mol. The van der Waals surface area contributed by atoms with E-state index in [4.69, 9.17) is 4.98 Å². The van der Waals surface area contributed by atoms with Crippen molar-refractivity contribution in [2.75, 3.05) is 13.1 Å². The van der Waals surface area contributed by atoms with Gasteiger partial charge in [-0.25, -0.2) is 4.98 Å². The van der Waals surface area contributed by atoms with Gasteiger partial charge in [-0.05, 0) is 12.1 Å². The van der Waals surface area contributed by atoms with E-state index in [1.165, 1.54) is 0 Å². The number of hydrogen-bond acceptors (Lipinski definition) is 3. The van der Waals surface area contributed by atoms with Crippen LogP contribution in [0.2, 0.25) is 0 Å². The van der Waals surface area contributed by atoms with Crippen LogP contribution in [0.15, 0.2) is 77.8 Å². The monoisotopic (exact) mass is 299 g/mol. The second kappa shape index (κ2) is 6.05. The molecule has 0 aliphatic carbocycles. The Bertz CT molecular complexity index is 836. The molecule has 3 heteroatoms. The molecule has 0 amide bonds. The van der Waals surface area contributed by atoms with Crippen LogP contribution in [0.1, 0.15) is 5.56 Å². The van der Waals surface area contributed by atoms with Crippen molar-refractivity contribution in [2.24, 2.45) is 4.99 Å². The predicted octanol–water partition coefficient (Wildman–Crippen LogP) is 3.77. The summed E-state index contributed by atoms with van der Waals surface area (Å²) in [6, 6.07) is 24.8. The normalized spacial score (nSPS) is 13.5. The van der Waals surface area contributed by atoms with Gasteiger partial charge < -0.3 is 5.32 Å². The molecule has 0 fully saturated rings. The van der Waals surface area contributed by atoms with Crippen LogP contribution in [0.3, 0.4) is 0 Å². The molecular weight excluding hydrogens is 282 g/mol. The first kappa shape index (κ1) is 13.7. The maximum absolute atomic E-state index is 4.79. The summed E-state index contributed by atoms with van der Waals surface area (Å²) in [5.41, 5.74) is 5.36. The third-order valence-electron chi connectivity index (χ3n) is 3.95. The fourth-order valence-corrected chi connectivity index (χ4v) is 2.76. The van der Waals surface area contributed by atoms with Gasteiger partial charge in [0, 0.05) is 23.2 Å². The highest BCUT2D eigenvalue weighted by molar-refractivity contribution is 6.00. The molecular formula is C20H17N3. The van der Waals surface area contributed by atoms with E-state index in [-0.39, 0.29) is 0 Å². The molecule has 0 unspecified atom stereocenters. The molecule has 2 heterocycles. The van der Waals surface area contributed by atoms with E-state index in [9.17, 15) is 0 Å². The summed E-state index contributed by atoms with van der Waals surface area (Å²) in [5.74, 6) is 0.988. The molecule has 4 rings (SSSR count). The molecule has 1 aromatic heterocycles. The Morgan fingerprint density at radius 3 is 1.96 bits per heavy atom. The third kappa shape index (κ3) is 2.86. The molecule has 23 heavy (non-hydrogen) atoms. The Kier molecular flexibility index (Phi) is 3.60. The molecule has 2 aromatic carbocycles. The van der Waals surface area contributed by atoms with E-state index >= 15 is 0 Å². The fraction of sp³-hybridized carbons (Fsp3) is 0.100. The third-order valence-corrected chi connectivity index (χ3v) is 3.95. The second-order valence-electron chi connectivity index (χ2n) is 5.51. The lowest BCUT2D eigenvalue weighted by Crippen LogP contribution is -2.19. The van der Waals surface area contributed by atoms with Crippen molar-refractivity contribution >= 4 is 5.84 Å². The lowest BCUT2D eigenvalue weighted by Gasteiger charge is -2.07. The van der Waals surface area contributed by atoms with E-state index in [1.54, 1.807) is 0 Å². The highest BCUT2D eigenvalue weighted by atomic mass is 15.1. The second-order valence-corrected chi connectivity index (χ2v) is 5.51. The Balaban J connectivity index is 1.65. The Morgan fingerprint density at radius 1 is 0.652 bits per heavy atom. The van der Waals surface area contributed by atoms with Crippen LogP contribution in [0, 0.1) is 0 Å². The molecule has 0 atom stereocenters. The molecule has 3 aromatic rings. The van der Waals surface area contributed by atoms with Gasteiger partial charge >= 0.3 is 0 Å². The summed E-state index contributed by atoms with van der Waals surface area (Å²) in [7, 11) is 0. The maximum Gasteiger partial charge on any atom is 0.128 e. The van der Waals surface area contributed by atoms with Crippen molar-refractivity contribution in [2.45, 2.75) is 0 Å². The molecule has 112 valence electrons. The predicted molar refractivity (Wildman–Crippen MR) is 94.5 cm³/mol. The quantitative estimate of drug-likeness (QED) is 0.799. The minimum atomic E-state index is 0.859. The zero-order valence-corrected chi connectivity index (χ0v) is 12.7. The summed E-state index contributed by atoms with van der Waals surface area (Å²) >= 11 is 0. The van der Waals surface area contributed by atoms with E-state index in [1.807, 2.05) is 30.3 Å². The van der Waals surface area contributed by atoms with Crippen molar-refractivity contribution in [3.63, 3.8) is 0 Å². The zero-order chi connectivity index (χ0) is 15.5. The summed E-state index contributed by atoms with van der Waals surface area (Å²) in [5, 5.41) is 3.30. The molecule has 0 spiro atoms. The van der Waals surface area contributed by atoms with E-state index < -0.39 is 0 Å². The largest absolute Gasteiger partial charge is 0.368 e. The van der Waals surface area contributed by atoms with E-state index in [0.717, 1.165) is 47.0 Å². The first-order chi connectivity index (χ1) is 11.4. The lowest BCUT2D eigenvalue weighted by molar-refractivity contribution is 0.960. The number of aromatic nitrogens is 1. The van der Waals surface area contributed by atoms with Crippen LogP contribution in [0.4, 0.5) is 0 Å². The highest BCUT2D eigenvalue weighted by Crippen LogP contribution is 2.23. The lowest BCUT2D eigenvalue weighted by atomic mass is 10.1. The average Bonchev–Trinajstić information content (AvgIpc) is 3.17. The standard InChI is InChI=1S/C20H17N3/c1-2-5-15(6-3-1)18-7-4-8-19(23-18)16-9-11-17(12-10-16)20-21-13-14-22-20/h1-12H,13-14H2,(H,21,22). The molecule has 1 aliphatic heterocycles. The van der Waals surface area contributed by atoms with Gasteiger partial charge in [-0.2, -0.15) is 0 Å². The molecule has 3 nitrogen and oxygen atoms in total. The van der Waals surface area contributed by atoms with Crippen LogP contribution in [0.25, 0.3) is 22.5 Å². The number of aliphatic imine (C=N–C) groups is 1. The van der Waals surface area contributed by atoms with E-state index in [0.29, 0.717) is 0 Å². The SMILES string of the molecule is c1ccc(-c2cccc(-c3ccc(C4=NCCN4)cc3)n2)cc1. The van der Waals surface area contributed by atoms with Crippen LogP contribution in [-0.2, 0) is 0 Å². The van der Waals surface area contributed by atoms with Gasteiger partial charge in [0.05, 0.1) is 17.9 Å². The molecule has 1 aliphatic rings. The number of benzene rings is 2. The number of pyridine rings is 1.